The highest BCUT2D eigenvalue weighted by Gasteiger charge is 2.48. The number of hydrogen-bond donors (Lipinski definition) is 1. The highest BCUT2D eigenvalue weighted by molar-refractivity contribution is 7.97. The van der Waals surface area contributed by atoms with Crippen LogP contribution in [-0.4, -0.2) is 61.5 Å². The van der Waals surface area contributed by atoms with E-state index in [4.69, 9.17) is 4.74 Å². The summed E-state index contributed by atoms with van der Waals surface area (Å²) < 4.78 is 23.6. The Morgan fingerprint density at radius 3 is 2.62 bits per heavy atom. The molecule has 1 amide bonds. The Morgan fingerprint density at radius 1 is 1.24 bits per heavy atom. The van der Waals surface area contributed by atoms with Crippen molar-refractivity contribution < 1.29 is 13.9 Å². The van der Waals surface area contributed by atoms with E-state index in [-0.39, 0.29) is 23.9 Å². The third-order valence-corrected chi connectivity index (χ3v) is 10.1. The zero-order valence-electron chi connectivity index (χ0n) is 25.0. The second-order valence-corrected chi connectivity index (χ2v) is 14.3. The number of halogens is 1. The third kappa shape index (κ3) is 6.90. The molecule has 3 aromatic rings. The van der Waals surface area contributed by atoms with Gasteiger partial charge in [0, 0.05) is 24.2 Å². The van der Waals surface area contributed by atoms with Crippen LogP contribution in [-0.2, 0) is 10.2 Å². The van der Waals surface area contributed by atoms with Gasteiger partial charge in [0.25, 0.3) is 0 Å². The van der Waals surface area contributed by atoms with E-state index in [9.17, 15) is 14.4 Å². The van der Waals surface area contributed by atoms with Crippen LogP contribution in [0, 0.1) is 23.2 Å². The lowest BCUT2D eigenvalue weighted by molar-refractivity contribution is 0.0207. The van der Waals surface area contributed by atoms with Crippen LogP contribution < -0.4 is 4.72 Å². The van der Waals surface area contributed by atoms with E-state index in [0.717, 1.165) is 66.0 Å². The molecule has 226 valence electrons. The van der Waals surface area contributed by atoms with E-state index in [0.29, 0.717) is 10.8 Å². The molecule has 4 fully saturated rings. The summed E-state index contributed by atoms with van der Waals surface area (Å²) in [5.74, 6) is 2.40. The molecule has 9 nitrogen and oxygen atoms in total. The molecule has 12 heteroatoms. The van der Waals surface area contributed by atoms with Gasteiger partial charge in [0.15, 0.2) is 10.8 Å². The first kappa shape index (κ1) is 30.7. The second kappa shape index (κ2) is 12.1. The maximum atomic E-state index is 13.0. The number of carbonyl (C=O) groups excluding carboxylic acids is 1. The minimum Gasteiger partial charge on any atom is -0.444 e. The second-order valence-electron chi connectivity index (χ2n) is 12.4. The highest BCUT2D eigenvalue weighted by atomic mass is 32.2. The van der Waals surface area contributed by atoms with Gasteiger partial charge in [0.2, 0.25) is 0 Å². The van der Waals surface area contributed by atoms with E-state index in [1.807, 2.05) is 62.2 Å². The molecule has 1 saturated heterocycles. The van der Waals surface area contributed by atoms with Gasteiger partial charge in [-0.25, -0.2) is 14.2 Å². The lowest BCUT2D eigenvalue weighted by atomic mass is 10.1. The van der Waals surface area contributed by atoms with Gasteiger partial charge in [-0.2, -0.15) is 5.26 Å². The smallest absolute Gasteiger partial charge is 0.410 e. The molecule has 0 spiro atoms. The fourth-order valence-electron chi connectivity index (χ4n) is 4.85. The van der Waals surface area contributed by atoms with Crippen molar-refractivity contribution in [1.82, 2.24) is 29.2 Å². The summed E-state index contributed by atoms with van der Waals surface area (Å²) >= 11 is 2.88. The van der Waals surface area contributed by atoms with Gasteiger partial charge in [-0.1, -0.05) is 25.2 Å². The molecule has 7 rings (SSSR count). The van der Waals surface area contributed by atoms with Crippen LogP contribution in [0.5, 0.6) is 0 Å². The van der Waals surface area contributed by atoms with Gasteiger partial charge in [0.1, 0.15) is 22.7 Å². The zero-order chi connectivity index (χ0) is 30.1. The van der Waals surface area contributed by atoms with Crippen molar-refractivity contribution in [3.05, 3.63) is 29.5 Å². The molecule has 1 N–H and O–H groups in total. The molecule has 3 aliphatic carbocycles. The third-order valence-electron chi connectivity index (χ3n) is 7.93. The fraction of sp³-hybridized carbons (Fsp3) is 0.633. The van der Waals surface area contributed by atoms with Gasteiger partial charge in [-0.3, -0.25) is 9.12 Å². The van der Waals surface area contributed by atoms with Crippen LogP contribution in [0.3, 0.4) is 0 Å². The number of nitriles is 1. The number of aromatic nitrogens is 4. The number of hydrogen-bond acceptors (Lipinski definition) is 9. The highest BCUT2D eigenvalue weighted by Crippen LogP contribution is 2.49. The Balaban J connectivity index is 0.000000187. The average Bonchev–Trinajstić information content (AvgIpc) is 3.94. The van der Waals surface area contributed by atoms with E-state index < -0.39 is 5.41 Å². The minimum absolute atomic E-state index is 0.136. The maximum Gasteiger partial charge on any atom is 0.410 e. The van der Waals surface area contributed by atoms with E-state index in [1.165, 1.54) is 36.1 Å². The van der Waals surface area contributed by atoms with Crippen LogP contribution in [0.4, 0.5) is 9.18 Å². The number of rotatable bonds is 6. The van der Waals surface area contributed by atoms with Crippen LogP contribution in [0.1, 0.15) is 78.2 Å². The van der Waals surface area contributed by atoms with Crippen molar-refractivity contribution in [2.75, 3.05) is 19.8 Å². The summed E-state index contributed by atoms with van der Waals surface area (Å²) in [6.45, 7) is 11.2. The number of amides is 1. The number of carbonyl (C=O) groups is 1. The number of ether oxygens (including phenoxy) is 1. The van der Waals surface area contributed by atoms with Crippen LogP contribution in [0.15, 0.2) is 29.4 Å². The molecule has 0 aromatic carbocycles. The van der Waals surface area contributed by atoms with Crippen molar-refractivity contribution >= 4 is 34.9 Å². The minimum atomic E-state index is -0.432. The predicted octanol–water partition coefficient (Wildman–Crippen LogP) is 6.80. The van der Waals surface area contributed by atoms with Crippen LogP contribution in [0.2, 0.25) is 0 Å². The number of pyridine rings is 1. The number of nitrogens with zero attached hydrogens (tertiary/aromatic N) is 6. The maximum absolute atomic E-state index is 13.0. The summed E-state index contributed by atoms with van der Waals surface area (Å²) in [5.41, 5.74) is -0.188. The normalized spacial score (nSPS) is 22.5. The largest absolute Gasteiger partial charge is 0.444 e. The molecular weight excluding hydrogens is 574 g/mol. The van der Waals surface area contributed by atoms with Crippen molar-refractivity contribution in [1.29, 1.82) is 5.26 Å². The first-order chi connectivity index (χ1) is 20.1. The van der Waals surface area contributed by atoms with Crippen molar-refractivity contribution in [2.24, 2.45) is 11.8 Å². The summed E-state index contributed by atoms with van der Waals surface area (Å²) in [5, 5.41) is 19.3. The molecule has 3 aromatic heterocycles. The summed E-state index contributed by atoms with van der Waals surface area (Å²) in [4.78, 5) is 19.0. The van der Waals surface area contributed by atoms with Crippen molar-refractivity contribution in [2.45, 2.75) is 94.6 Å². The Labute approximate surface area is 255 Å². The molecular formula is C30H40FN7O2S2. The van der Waals surface area contributed by atoms with Gasteiger partial charge >= 0.3 is 6.09 Å². The molecule has 2 unspecified atom stereocenters. The first-order valence-electron chi connectivity index (χ1n) is 14.8. The Bertz CT molecular complexity index is 1450. The molecule has 0 bridgehead atoms. The molecule has 4 heterocycles. The van der Waals surface area contributed by atoms with Crippen molar-refractivity contribution in [3.8, 4) is 16.9 Å². The number of piperidine rings is 1. The quantitative estimate of drug-likeness (QED) is 0.303. The lowest BCUT2D eigenvalue weighted by Gasteiger charge is -2.29. The Hall–Kier alpha value is -2.75. The van der Waals surface area contributed by atoms with Gasteiger partial charge in [-0.15, -0.1) is 10.2 Å². The topological polar surface area (TPSA) is 108 Å². The van der Waals surface area contributed by atoms with Gasteiger partial charge in [-0.05, 0) is 95.2 Å². The number of imidazole rings is 1. The number of likely N-dealkylation sites (tertiary alicyclic amines) is 1. The first-order valence-corrected chi connectivity index (χ1v) is 16.5. The Kier molecular flexibility index (Phi) is 8.84. The summed E-state index contributed by atoms with van der Waals surface area (Å²) in [6, 6.07) is 6.33. The SMILES string of the molecule is CC.CC(C)(C)OC(=O)N1CCC2CC2C1.N#CC1(c2nnc(-c3ncc4ccc(SNC5(CF)CC5)cn34)s2)CC1. The molecule has 42 heavy (non-hydrogen) atoms. The molecule has 1 aliphatic heterocycles. The standard InChI is InChI=1S/C17H15FN6S2.C11H19NO2.C2H6/c18-9-17(5-6-17)23-26-12-2-1-11-7-20-13(24(11)8-12)14-21-22-15(25-14)16(10-19)3-4-16;1-11(2,3)14-10(13)12-5-4-8-6-9(8)7-12;1-2/h1-2,7-8,23H,3-6,9H2;8-9H,4-7H2,1-3H3;1-2H3. The van der Waals surface area contributed by atoms with Crippen molar-refractivity contribution in [3.63, 3.8) is 0 Å². The van der Waals surface area contributed by atoms with Gasteiger partial charge < -0.3 is 9.64 Å². The molecule has 3 saturated carbocycles. The number of fused-ring (bicyclic) bond motifs is 2. The molecule has 4 aliphatic rings. The monoisotopic (exact) mass is 613 g/mol. The fourth-order valence-corrected chi connectivity index (χ4v) is 6.77. The van der Waals surface area contributed by atoms with E-state index in [2.05, 4.69) is 26.0 Å². The number of alkyl halides is 1. The molecule has 0 radical (unpaired) electrons. The summed E-state index contributed by atoms with van der Waals surface area (Å²) in [6.07, 6.45) is 9.58. The number of nitrogens with one attached hydrogen (secondary N) is 1. The average molecular weight is 614 g/mol. The van der Waals surface area contributed by atoms with E-state index in [1.54, 1.807) is 6.20 Å². The Morgan fingerprint density at radius 2 is 2.00 bits per heavy atom. The van der Waals surface area contributed by atoms with Crippen LogP contribution >= 0.6 is 23.3 Å². The molecule has 2 atom stereocenters. The summed E-state index contributed by atoms with van der Waals surface area (Å²) in [7, 11) is 0. The zero-order valence-corrected chi connectivity index (χ0v) is 26.7. The predicted molar refractivity (Wildman–Crippen MR) is 163 cm³/mol. The van der Waals surface area contributed by atoms with Crippen LogP contribution in [0.25, 0.3) is 16.3 Å². The lowest BCUT2D eigenvalue weighted by Crippen LogP contribution is -2.40. The van der Waals surface area contributed by atoms with E-state index >= 15 is 0 Å². The van der Waals surface area contributed by atoms with Gasteiger partial charge in [0.05, 0.1) is 23.3 Å².